The van der Waals surface area contributed by atoms with E-state index in [1.54, 1.807) is 4.90 Å². The molecular formula is C12H17N3O4S. The van der Waals surface area contributed by atoms with Crippen LogP contribution in [0.15, 0.2) is 5.38 Å². The molecule has 0 spiro atoms. The Kier molecular flexibility index (Phi) is 4.24. The molecule has 0 bridgehead atoms. The summed E-state index contributed by atoms with van der Waals surface area (Å²) in [6, 6.07) is -0.187. The second-order valence-corrected chi connectivity index (χ2v) is 6.06. The molecule has 7 nitrogen and oxygen atoms in total. The Balaban J connectivity index is 1.86. The molecule has 2 N–H and O–H groups in total. The number of amides is 2. The van der Waals surface area contributed by atoms with Crippen molar-refractivity contribution in [3.63, 3.8) is 0 Å². The fourth-order valence-electron chi connectivity index (χ4n) is 1.94. The van der Waals surface area contributed by atoms with E-state index in [2.05, 4.69) is 10.3 Å². The zero-order valence-corrected chi connectivity index (χ0v) is 12.2. The van der Waals surface area contributed by atoms with Crippen LogP contribution >= 0.6 is 11.3 Å². The highest BCUT2D eigenvalue weighted by Crippen LogP contribution is 2.16. The fraction of sp³-hybridized carbons (Fsp3) is 0.583. The topological polar surface area (TPSA) is 91.8 Å². The second kappa shape index (κ2) is 5.76. The molecule has 1 aliphatic rings. The smallest absolute Gasteiger partial charge is 0.355 e. The average Bonchev–Trinajstić information content (AvgIpc) is 2.83. The van der Waals surface area contributed by atoms with Gasteiger partial charge in [0.1, 0.15) is 5.01 Å². The number of nitrogens with zero attached hydrogens (tertiary/aromatic N) is 2. The van der Waals surface area contributed by atoms with Crippen molar-refractivity contribution in [3.05, 3.63) is 16.1 Å². The van der Waals surface area contributed by atoms with E-state index >= 15 is 0 Å². The fourth-order valence-corrected chi connectivity index (χ4v) is 2.65. The third-order valence-electron chi connectivity index (χ3n) is 2.87. The summed E-state index contributed by atoms with van der Waals surface area (Å²) in [5.41, 5.74) is -0.334. The maximum Gasteiger partial charge on any atom is 0.355 e. The van der Waals surface area contributed by atoms with E-state index in [-0.39, 0.29) is 23.9 Å². The quantitative estimate of drug-likeness (QED) is 0.874. The van der Waals surface area contributed by atoms with E-state index in [1.165, 1.54) is 16.7 Å². The Morgan fingerprint density at radius 2 is 2.35 bits per heavy atom. The van der Waals surface area contributed by atoms with E-state index in [1.807, 2.05) is 13.8 Å². The Labute approximate surface area is 120 Å². The largest absolute Gasteiger partial charge is 0.476 e. The molecule has 1 saturated heterocycles. The second-order valence-electron chi connectivity index (χ2n) is 5.12. The molecule has 20 heavy (non-hydrogen) atoms. The summed E-state index contributed by atoms with van der Waals surface area (Å²) in [5.74, 6) is -1.06. The number of morpholine rings is 1. The number of carbonyl (C=O) groups is 2. The van der Waals surface area contributed by atoms with Crippen LogP contribution in [-0.2, 0) is 11.3 Å². The van der Waals surface area contributed by atoms with Crippen molar-refractivity contribution in [3.8, 4) is 0 Å². The van der Waals surface area contributed by atoms with Crippen LogP contribution in [-0.4, -0.2) is 52.3 Å². The molecule has 110 valence electrons. The number of aromatic carboxylic acids is 1. The summed E-state index contributed by atoms with van der Waals surface area (Å²) in [5, 5.41) is 13.5. The molecule has 0 radical (unpaired) electrons. The summed E-state index contributed by atoms with van der Waals surface area (Å²) in [4.78, 5) is 28.3. The molecule has 0 aliphatic carbocycles. The average molecular weight is 299 g/mol. The number of urea groups is 1. The summed E-state index contributed by atoms with van der Waals surface area (Å²) in [6.45, 7) is 5.69. The van der Waals surface area contributed by atoms with Crippen LogP contribution in [0.4, 0.5) is 4.79 Å². The molecule has 1 aromatic rings. The van der Waals surface area contributed by atoms with E-state index in [4.69, 9.17) is 9.84 Å². The molecule has 1 fully saturated rings. The molecule has 0 unspecified atom stereocenters. The minimum atomic E-state index is -1.06. The van der Waals surface area contributed by atoms with E-state index in [0.717, 1.165) is 0 Å². The lowest BCUT2D eigenvalue weighted by Crippen LogP contribution is -2.53. The maximum absolute atomic E-state index is 12.0. The number of hydrogen-bond donors (Lipinski definition) is 2. The van der Waals surface area contributed by atoms with Gasteiger partial charge in [0.05, 0.1) is 25.3 Å². The van der Waals surface area contributed by atoms with Crippen LogP contribution in [0.1, 0.15) is 29.3 Å². The highest BCUT2D eigenvalue weighted by molar-refractivity contribution is 7.09. The Morgan fingerprint density at radius 3 is 2.95 bits per heavy atom. The van der Waals surface area contributed by atoms with Gasteiger partial charge < -0.3 is 20.1 Å². The molecule has 0 saturated carbocycles. The Morgan fingerprint density at radius 1 is 1.60 bits per heavy atom. The third kappa shape index (κ3) is 3.67. The SMILES string of the molecule is CC1(C)CN(C(=O)NCc2nc(C(=O)O)cs2)CCO1. The van der Waals surface area contributed by atoms with Crippen molar-refractivity contribution in [2.24, 2.45) is 0 Å². The summed E-state index contributed by atoms with van der Waals surface area (Å²) in [7, 11) is 0. The highest BCUT2D eigenvalue weighted by Gasteiger charge is 2.29. The number of ether oxygens (including phenoxy) is 1. The first kappa shape index (κ1) is 14.7. The zero-order valence-electron chi connectivity index (χ0n) is 11.4. The first-order valence-electron chi connectivity index (χ1n) is 6.22. The highest BCUT2D eigenvalue weighted by atomic mass is 32.1. The monoisotopic (exact) mass is 299 g/mol. The number of carboxylic acids is 1. The van der Waals surface area contributed by atoms with Crippen LogP contribution < -0.4 is 5.32 Å². The molecule has 2 heterocycles. The van der Waals surface area contributed by atoms with Gasteiger partial charge in [-0.2, -0.15) is 0 Å². The lowest BCUT2D eigenvalue weighted by molar-refractivity contribution is -0.0733. The number of carboxylic acid groups (broad SMARTS) is 1. The summed E-state index contributed by atoms with van der Waals surface area (Å²) in [6.07, 6.45) is 0. The van der Waals surface area contributed by atoms with Crippen molar-refractivity contribution in [1.82, 2.24) is 15.2 Å². The Hall–Kier alpha value is -1.67. The minimum absolute atomic E-state index is 0.00625. The van der Waals surface area contributed by atoms with Gasteiger partial charge in [0.25, 0.3) is 0 Å². The summed E-state index contributed by atoms with van der Waals surface area (Å²) >= 11 is 1.22. The van der Waals surface area contributed by atoms with Crippen LogP contribution in [0.5, 0.6) is 0 Å². The standard InChI is InChI=1S/C12H17N3O4S/c1-12(2)7-15(3-4-19-12)11(18)13-5-9-14-8(6-20-9)10(16)17/h6H,3-5,7H2,1-2H3,(H,13,18)(H,16,17). The van der Waals surface area contributed by atoms with E-state index < -0.39 is 5.97 Å². The predicted octanol–water partition coefficient (Wildman–Crippen LogP) is 1.16. The van der Waals surface area contributed by atoms with Crippen molar-refractivity contribution in [1.29, 1.82) is 0 Å². The van der Waals surface area contributed by atoms with Gasteiger partial charge in [-0.1, -0.05) is 0 Å². The number of hydrogen-bond acceptors (Lipinski definition) is 5. The summed E-state index contributed by atoms with van der Waals surface area (Å²) < 4.78 is 5.54. The van der Waals surface area contributed by atoms with Gasteiger partial charge in [-0.05, 0) is 13.8 Å². The van der Waals surface area contributed by atoms with Crippen LogP contribution in [0.25, 0.3) is 0 Å². The number of thiazole rings is 1. The number of nitrogens with one attached hydrogen (secondary N) is 1. The lowest BCUT2D eigenvalue weighted by atomic mass is 10.1. The molecule has 0 atom stereocenters. The van der Waals surface area contributed by atoms with Crippen molar-refractivity contribution in [2.75, 3.05) is 19.7 Å². The molecule has 2 rings (SSSR count). The first-order valence-corrected chi connectivity index (χ1v) is 7.10. The van der Waals surface area contributed by atoms with Gasteiger partial charge in [-0.25, -0.2) is 14.6 Å². The maximum atomic E-state index is 12.0. The molecule has 1 aliphatic heterocycles. The molecule has 2 amide bonds. The Bertz CT molecular complexity index is 515. The van der Waals surface area contributed by atoms with Crippen LogP contribution in [0, 0.1) is 0 Å². The van der Waals surface area contributed by atoms with Gasteiger partial charge in [0, 0.05) is 11.9 Å². The minimum Gasteiger partial charge on any atom is -0.476 e. The van der Waals surface area contributed by atoms with Gasteiger partial charge in [0.15, 0.2) is 5.69 Å². The molecular weight excluding hydrogens is 282 g/mol. The van der Waals surface area contributed by atoms with Gasteiger partial charge in [-0.15, -0.1) is 11.3 Å². The third-order valence-corrected chi connectivity index (χ3v) is 3.72. The first-order chi connectivity index (χ1) is 9.37. The van der Waals surface area contributed by atoms with Crippen molar-refractivity contribution in [2.45, 2.75) is 26.0 Å². The molecule has 1 aromatic heterocycles. The predicted molar refractivity (Wildman–Crippen MR) is 72.9 cm³/mol. The number of aromatic nitrogens is 1. The normalized spacial score (nSPS) is 17.8. The van der Waals surface area contributed by atoms with Crippen LogP contribution in [0.2, 0.25) is 0 Å². The van der Waals surface area contributed by atoms with E-state index in [0.29, 0.717) is 24.7 Å². The van der Waals surface area contributed by atoms with Crippen molar-refractivity contribution >= 4 is 23.3 Å². The zero-order chi connectivity index (χ0) is 14.8. The number of rotatable bonds is 3. The van der Waals surface area contributed by atoms with Gasteiger partial charge >= 0.3 is 12.0 Å². The lowest BCUT2D eigenvalue weighted by Gasteiger charge is -2.37. The van der Waals surface area contributed by atoms with Gasteiger partial charge in [-0.3, -0.25) is 0 Å². The van der Waals surface area contributed by atoms with Crippen molar-refractivity contribution < 1.29 is 19.4 Å². The molecule has 0 aromatic carbocycles. The van der Waals surface area contributed by atoms with Gasteiger partial charge in [0.2, 0.25) is 0 Å². The van der Waals surface area contributed by atoms with Crippen LogP contribution in [0.3, 0.4) is 0 Å². The molecule has 8 heteroatoms. The number of carbonyl (C=O) groups excluding carboxylic acids is 1. The van der Waals surface area contributed by atoms with E-state index in [9.17, 15) is 9.59 Å².